The van der Waals surface area contributed by atoms with E-state index in [4.69, 9.17) is 0 Å². The molecule has 6 rings (SSSR count). The van der Waals surface area contributed by atoms with E-state index < -0.39 is 35.9 Å². The highest BCUT2D eigenvalue weighted by atomic mass is 19.4. The van der Waals surface area contributed by atoms with Gasteiger partial charge in [-0.2, -0.15) is 31.6 Å². The minimum Gasteiger partial charge on any atom is -0.313 e. The Morgan fingerprint density at radius 3 is 2.53 bits per heavy atom. The van der Waals surface area contributed by atoms with Crippen LogP contribution in [0.2, 0.25) is 0 Å². The minimum absolute atomic E-state index is 0.0988. The number of rotatable bonds is 3. The van der Waals surface area contributed by atoms with Gasteiger partial charge in [0, 0.05) is 11.8 Å². The highest BCUT2D eigenvalue weighted by molar-refractivity contribution is 5.79. The maximum atomic E-state index is 13.8. The van der Waals surface area contributed by atoms with Crippen molar-refractivity contribution in [2.75, 3.05) is 0 Å². The lowest BCUT2D eigenvalue weighted by molar-refractivity contribution is -0.142. The summed E-state index contributed by atoms with van der Waals surface area (Å²) in [4.78, 5) is 31.5. The SMILES string of the molecule is Fc1nn(CC(F)(F)F)c2ccccc12.O=c1[nH]cc(-c2cc(C3CC3)c3ncc(F)n3n2)c(=O)[nH]1. The first kappa shape index (κ1) is 23.4. The molecular weight excluding hydrogens is 489 g/mol. The molecule has 1 aliphatic rings. The van der Waals surface area contributed by atoms with Gasteiger partial charge in [-0.3, -0.25) is 14.5 Å². The van der Waals surface area contributed by atoms with Crippen molar-refractivity contribution in [3.63, 3.8) is 0 Å². The molecule has 0 aliphatic heterocycles. The predicted octanol–water partition coefficient (Wildman–Crippen LogP) is 3.53. The Morgan fingerprint density at radius 1 is 1.08 bits per heavy atom. The lowest BCUT2D eigenvalue weighted by Crippen LogP contribution is -2.23. The van der Waals surface area contributed by atoms with E-state index in [-0.39, 0.29) is 16.5 Å². The van der Waals surface area contributed by atoms with Crippen molar-refractivity contribution in [3.05, 3.63) is 81.0 Å². The lowest BCUT2D eigenvalue weighted by Gasteiger charge is -2.06. The van der Waals surface area contributed by atoms with Gasteiger partial charge in [0.2, 0.25) is 11.9 Å². The summed E-state index contributed by atoms with van der Waals surface area (Å²) in [7, 11) is 0. The van der Waals surface area contributed by atoms with E-state index in [0.717, 1.165) is 29.1 Å². The normalized spacial score (nSPS) is 13.7. The highest BCUT2D eigenvalue weighted by Gasteiger charge is 2.30. The zero-order chi connectivity index (χ0) is 25.6. The quantitative estimate of drug-likeness (QED) is 0.364. The molecule has 9 nitrogen and oxygen atoms in total. The number of fused-ring (bicyclic) bond motifs is 2. The second-order valence-electron chi connectivity index (χ2n) is 8.14. The van der Waals surface area contributed by atoms with Crippen molar-refractivity contribution in [1.29, 1.82) is 0 Å². The zero-order valence-corrected chi connectivity index (χ0v) is 18.2. The third-order valence-electron chi connectivity index (χ3n) is 5.51. The number of aromatic amines is 2. The average molecular weight is 505 g/mol. The molecule has 4 heterocycles. The number of nitrogens with zero attached hydrogens (tertiary/aromatic N) is 5. The number of hydrogen-bond donors (Lipinski definition) is 2. The molecule has 186 valence electrons. The van der Waals surface area contributed by atoms with Crippen molar-refractivity contribution in [1.82, 2.24) is 34.3 Å². The molecule has 0 saturated heterocycles. The molecule has 0 spiro atoms. The maximum absolute atomic E-state index is 13.8. The first-order chi connectivity index (χ1) is 17.1. The van der Waals surface area contributed by atoms with Crippen LogP contribution in [-0.2, 0) is 6.54 Å². The Labute approximate surface area is 197 Å². The number of H-pyrrole nitrogens is 2. The number of benzene rings is 1. The lowest BCUT2D eigenvalue weighted by atomic mass is 10.1. The van der Waals surface area contributed by atoms with Gasteiger partial charge in [0.15, 0.2) is 5.65 Å². The molecule has 1 saturated carbocycles. The molecule has 0 amide bonds. The average Bonchev–Trinajstić information content (AvgIpc) is 3.54. The third kappa shape index (κ3) is 4.61. The van der Waals surface area contributed by atoms with E-state index in [1.165, 1.54) is 24.4 Å². The Balaban J connectivity index is 0.000000157. The van der Waals surface area contributed by atoms with Crippen LogP contribution in [-0.4, -0.2) is 40.5 Å². The standard InChI is InChI=1S/C13H10FN5O2.C9H6F4N2/c14-10-5-15-11-7(6-1-2-6)3-9(18-19(10)11)8-4-16-13(21)17-12(8)20;10-8-6-3-1-2-4-7(6)15(14-8)5-9(11,12)13/h3-6H,1-2H2,(H2,16,17,20,21);1-4H,5H2. The number of aromatic nitrogens is 7. The molecule has 0 unspecified atom stereocenters. The van der Waals surface area contributed by atoms with Crippen molar-refractivity contribution < 1.29 is 22.0 Å². The highest BCUT2D eigenvalue weighted by Crippen LogP contribution is 2.42. The number of hydrogen-bond acceptors (Lipinski definition) is 5. The van der Waals surface area contributed by atoms with Crippen LogP contribution in [0.3, 0.4) is 0 Å². The van der Waals surface area contributed by atoms with E-state index in [2.05, 4.69) is 25.1 Å². The molecule has 0 atom stereocenters. The van der Waals surface area contributed by atoms with Crippen LogP contribution >= 0.6 is 0 Å². The van der Waals surface area contributed by atoms with Gasteiger partial charge in [-0.05, 0) is 37.0 Å². The van der Waals surface area contributed by atoms with Crippen molar-refractivity contribution >= 4 is 16.6 Å². The predicted molar refractivity (Wildman–Crippen MR) is 117 cm³/mol. The molecule has 2 N–H and O–H groups in total. The Morgan fingerprint density at radius 2 is 1.83 bits per heavy atom. The first-order valence-electron chi connectivity index (χ1n) is 10.6. The van der Waals surface area contributed by atoms with E-state index in [1.54, 1.807) is 12.1 Å². The molecule has 0 bridgehead atoms. The fraction of sp³-hybridized carbons (Fsp3) is 0.227. The summed E-state index contributed by atoms with van der Waals surface area (Å²) in [6.45, 7) is -1.28. The van der Waals surface area contributed by atoms with Gasteiger partial charge in [-0.15, -0.1) is 5.10 Å². The van der Waals surface area contributed by atoms with Gasteiger partial charge >= 0.3 is 11.9 Å². The van der Waals surface area contributed by atoms with E-state index in [0.29, 0.717) is 21.9 Å². The summed E-state index contributed by atoms with van der Waals surface area (Å²) in [6, 6.07) is 7.62. The van der Waals surface area contributed by atoms with Crippen LogP contribution in [0.5, 0.6) is 0 Å². The van der Waals surface area contributed by atoms with Crippen LogP contribution in [0.25, 0.3) is 27.8 Å². The fourth-order valence-electron chi connectivity index (χ4n) is 3.77. The van der Waals surface area contributed by atoms with Crippen molar-refractivity contribution in [2.45, 2.75) is 31.5 Å². The van der Waals surface area contributed by atoms with Gasteiger partial charge in [0.05, 0.1) is 28.4 Å². The van der Waals surface area contributed by atoms with E-state index in [1.807, 2.05) is 0 Å². The van der Waals surface area contributed by atoms with Crippen LogP contribution in [0.4, 0.5) is 22.0 Å². The summed E-state index contributed by atoms with van der Waals surface area (Å²) in [5.41, 5.74) is 0.820. The fourth-order valence-corrected chi connectivity index (χ4v) is 3.77. The van der Waals surface area contributed by atoms with Gasteiger partial charge < -0.3 is 4.98 Å². The van der Waals surface area contributed by atoms with Gasteiger partial charge in [-0.1, -0.05) is 12.1 Å². The van der Waals surface area contributed by atoms with E-state index >= 15 is 0 Å². The molecule has 5 aromatic rings. The maximum Gasteiger partial charge on any atom is 0.408 e. The number of para-hydroxylation sites is 1. The van der Waals surface area contributed by atoms with E-state index in [9.17, 15) is 31.5 Å². The molecule has 1 aliphatic carbocycles. The second-order valence-corrected chi connectivity index (χ2v) is 8.14. The molecular formula is C22H16F5N7O2. The van der Waals surface area contributed by atoms with Crippen LogP contribution < -0.4 is 11.2 Å². The number of imidazole rings is 1. The number of nitrogens with one attached hydrogen (secondary N) is 2. The monoisotopic (exact) mass is 505 g/mol. The molecule has 14 heteroatoms. The molecule has 0 radical (unpaired) electrons. The summed E-state index contributed by atoms with van der Waals surface area (Å²) in [6.07, 6.45) is 0.00229. The summed E-state index contributed by atoms with van der Waals surface area (Å²) in [5, 5.41) is 7.41. The zero-order valence-electron chi connectivity index (χ0n) is 18.2. The smallest absolute Gasteiger partial charge is 0.313 e. The van der Waals surface area contributed by atoms with Gasteiger partial charge in [0.1, 0.15) is 6.54 Å². The molecule has 36 heavy (non-hydrogen) atoms. The number of alkyl halides is 3. The van der Waals surface area contributed by atoms with Crippen LogP contribution in [0.1, 0.15) is 24.3 Å². The first-order valence-corrected chi connectivity index (χ1v) is 10.6. The summed E-state index contributed by atoms with van der Waals surface area (Å²) >= 11 is 0. The Bertz CT molecular complexity index is 1700. The minimum atomic E-state index is -4.40. The Hall–Kier alpha value is -4.36. The molecule has 1 aromatic carbocycles. The van der Waals surface area contributed by atoms with Gasteiger partial charge in [-0.25, -0.2) is 9.78 Å². The number of halogens is 5. The summed E-state index contributed by atoms with van der Waals surface area (Å²) in [5.74, 6) is -1.15. The summed E-state index contributed by atoms with van der Waals surface area (Å²) < 4.78 is 64.8. The van der Waals surface area contributed by atoms with Crippen molar-refractivity contribution in [2.24, 2.45) is 0 Å². The molecule has 4 aromatic heterocycles. The van der Waals surface area contributed by atoms with Crippen LogP contribution in [0, 0.1) is 11.9 Å². The topological polar surface area (TPSA) is 114 Å². The Kier molecular flexibility index (Phi) is 5.65. The van der Waals surface area contributed by atoms with Gasteiger partial charge in [0.25, 0.3) is 5.56 Å². The van der Waals surface area contributed by atoms with Crippen molar-refractivity contribution in [3.8, 4) is 11.3 Å². The van der Waals surface area contributed by atoms with Crippen LogP contribution in [0.15, 0.2) is 52.3 Å². The third-order valence-corrected chi connectivity index (χ3v) is 5.51. The molecule has 1 fully saturated rings. The largest absolute Gasteiger partial charge is 0.408 e. The second kappa shape index (κ2) is 8.70.